The van der Waals surface area contributed by atoms with Crippen LogP contribution in [0.4, 0.5) is 33.6 Å². The average molecular weight is 950 g/mol. The smallest absolute Gasteiger partial charge is 0.408 e. The van der Waals surface area contributed by atoms with Gasteiger partial charge in [0.15, 0.2) is 5.82 Å². The third-order valence-electron chi connectivity index (χ3n) is 14.0. The van der Waals surface area contributed by atoms with Gasteiger partial charge in [0.25, 0.3) is 5.91 Å². The van der Waals surface area contributed by atoms with Gasteiger partial charge in [-0.2, -0.15) is 4.98 Å². The topological polar surface area (TPSA) is 211 Å². The summed E-state index contributed by atoms with van der Waals surface area (Å²) in [6.45, 7) is 11.2. The molecule has 8 rings (SSSR count). The molecule has 4 fully saturated rings. The fourth-order valence-electron chi connectivity index (χ4n) is 10.2. The van der Waals surface area contributed by atoms with Crippen molar-refractivity contribution in [3.8, 4) is 5.75 Å². The number of piperazine rings is 1. The van der Waals surface area contributed by atoms with Crippen LogP contribution in [0.2, 0.25) is 0 Å². The fourth-order valence-corrected chi connectivity index (χ4v) is 10.2. The molecule has 19 heteroatoms. The van der Waals surface area contributed by atoms with Crippen LogP contribution in [0.15, 0.2) is 48.7 Å². The van der Waals surface area contributed by atoms with Gasteiger partial charge in [-0.1, -0.05) is 31.9 Å². The zero-order chi connectivity index (χ0) is 49.0. The SMILES string of the molecule is CC[C@@H]1C(=O)N(C)c2cnc(Nc3ccc(C(=O)NC4CCN(C(=O)C(CN5CCN(c6ccc(C7CCC(=O)NC7=O)cc6)CC5)NC(=O)OC(C)(C)C)CC4)cc3OC)nc2N1C1CCCC1. The Labute approximate surface area is 404 Å². The summed E-state index contributed by atoms with van der Waals surface area (Å²) < 4.78 is 11.3. The van der Waals surface area contributed by atoms with E-state index in [4.69, 9.17) is 14.5 Å². The predicted molar refractivity (Wildman–Crippen MR) is 261 cm³/mol. The van der Waals surface area contributed by atoms with Crippen LogP contribution < -0.4 is 40.7 Å². The fraction of sp³-hybridized carbons (Fsp3) is 0.560. The van der Waals surface area contributed by atoms with Crippen LogP contribution in [0.25, 0.3) is 0 Å². The first-order valence-electron chi connectivity index (χ1n) is 24.5. The Morgan fingerprint density at radius 2 is 1.62 bits per heavy atom. The van der Waals surface area contributed by atoms with E-state index in [1.807, 2.05) is 31.2 Å². The lowest BCUT2D eigenvalue weighted by molar-refractivity contribution is -0.135. The van der Waals surface area contributed by atoms with E-state index in [1.165, 1.54) is 7.11 Å². The number of hydrogen-bond acceptors (Lipinski definition) is 14. The number of carbonyl (C=O) groups is 6. The highest BCUT2D eigenvalue weighted by Crippen LogP contribution is 2.40. The number of nitrogens with zero attached hydrogens (tertiary/aromatic N) is 7. The molecule has 1 aromatic heterocycles. The molecule has 0 bridgehead atoms. The summed E-state index contributed by atoms with van der Waals surface area (Å²) in [4.78, 5) is 97.8. The molecule has 4 N–H and O–H groups in total. The number of likely N-dealkylation sites (N-methyl/N-ethyl adjacent to an activating group) is 1. The minimum absolute atomic E-state index is 0.0471. The Bertz CT molecular complexity index is 2390. The standard InChI is InChI=1S/C50H67N11O8/c1-7-39-47(66)57(5)40-29-51-48(56-43(40)61(39)35-10-8-9-11-35)53-37-18-14-32(28-41(37)68-6)44(63)52-33-20-22-60(23-21-33)46(65)38(54-49(67)69-50(2,3)4)30-58-24-26-59(27-25-58)34-15-12-31(13-16-34)36-17-19-42(62)55-45(36)64/h12-16,18,28-29,33,35-36,38-39H,7-11,17,19-27,30H2,1-6H3,(H,52,63)(H,54,67)(H,51,53,56)(H,55,62,64)/t36?,38?,39-/m1/s1. The van der Waals surface area contributed by atoms with Crippen LogP contribution in [-0.4, -0.2) is 145 Å². The van der Waals surface area contributed by atoms with E-state index in [1.54, 1.807) is 62.0 Å². The van der Waals surface area contributed by atoms with Crippen molar-refractivity contribution >= 4 is 64.5 Å². The Balaban J connectivity index is 0.857. The van der Waals surface area contributed by atoms with E-state index in [0.717, 1.165) is 42.8 Å². The number of ether oxygens (including phenoxy) is 2. The molecule has 3 aromatic rings. The number of anilines is 5. The molecule has 3 saturated heterocycles. The molecule has 2 aromatic carbocycles. The molecule has 0 radical (unpaired) electrons. The van der Waals surface area contributed by atoms with Gasteiger partial charge in [-0.3, -0.25) is 34.2 Å². The maximum atomic E-state index is 14.2. The second-order valence-electron chi connectivity index (χ2n) is 19.8. The van der Waals surface area contributed by atoms with Crippen LogP contribution in [0.5, 0.6) is 5.75 Å². The van der Waals surface area contributed by atoms with Crippen molar-refractivity contribution in [3.63, 3.8) is 0 Å². The number of fused-ring (bicyclic) bond motifs is 1. The number of piperidine rings is 2. The van der Waals surface area contributed by atoms with E-state index in [9.17, 15) is 28.8 Å². The van der Waals surface area contributed by atoms with Gasteiger partial charge < -0.3 is 45.0 Å². The molecule has 370 valence electrons. The molecule has 3 atom stereocenters. The molecule has 1 saturated carbocycles. The van der Waals surface area contributed by atoms with Crippen LogP contribution in [0, 0.1) is 0 Å². The van der Waals surface area contributed by atoms with E-state index >= 15 is 0 Å². The number of methoxy groups -OCH3 is 1. The van der Waals surface area contributed by atoms with Crippen LogP contribution in [0.1, 0.15) is 107 Å². The highest BCUT2D eigenvalue weighted by atomic mass is 16.6. The van der Waals surface area contributed by atoms with Gasteiger partial charge in [-0.05, 0) is 95.2 Å². The monoisotopic (exact) mass is 950 g/mol. The molecule has 0 spiro atoms. The number of alkyl carbamates (subject to hydrolysis) is 1. The summed E-state index contributed by atoms with van der Waals surface area (Å²) in [5, 5.41) is 11.7. The highest BCUT2D eigenvalue weighted by Gasteiger charge is 2.41. The summed E-state index contributed by atoms with van der Waals surface area (Å²) in [6, 6.07) is 12.0. The second-order valence-corrected chi connectivity index (χ2v) is 19.8. The summed E-state index contributed by atoms with van der Waals surface area (Å²) in [5.74, 6) is 0.256. The van der Waals surface area contributed by atoms with Crippen molar-refractivity contribution in [2.75, 3.05) is 80.0 Å². The van der Waals surface area contributed by atoms with Crippen molar-refractivity contribution < 1.29 is 38.2 Å². The van der Waals surface area contributed by atoms with Gasteiger partial charge in [-0.15, -0.1) is 0 Å². The number of aromatic nitrogens is 2. The van der Waals surface area contributed by atoms with Crippen molar-refractivity contribution in [2.24, 2.45) is 0 Å². The van der Waals surface area contributed by atoms with Gasteiger partial charge in [-0.25, -0.2) is 9.78 Å². The van der Waals surface area contributed by atoms with Crippen molar-refractivity contribution in [3.05, 3.63) is 59.8 Å². The van der Waals surface area contributed by atoms with E-state index in [-0.39, 0.29) is 53.6 Å². The number of amides is 6. The Kier molecular flexibility index (Phi) is 14.9. The van der Waals surface area contributed by atoms with E-state index in [2.05, 4.69) is 41.0 Å². The number of benzene rings is 2. The minimum Gasteiger partial charge on any atom is -0.495 e. The molecule has 5 heterocycles. The number of hydrogen-bond donors (Lipinski definition) is 4. The number of rotatable bonds is 13. The Morgan fingerprint density at radius 3 is 2.28 bits per heavy atom. The van der Waals surface area contributed by atoms with Crippen molar-refractivity contribution in [1.29, 1.82) is 0 Å². The quantitative estimate of drug-likeness (QED) is 0.172. The zero-order valence-electron chi connectivity index (χ0n) is 40.7. The molecule has 19 nitrogen and oxygen atoms in total. The lowest BCUT2D eigenvalue weighted by Crippen LogP contribution is -2.58. The highest BCUT2D eigenvalue weighted by molar-refractivity contribution is 6.04. The summed E-state index contributed by atoms with van der Waals surface area (Å²) >= 11 is 0. The Morgan fingerprint density at radius 1 is 0.913 bits per heavy atom. The third-order valence-corrected chi connectivity index (χ3v) is 14.0. The van der Waals surface area contributed by atoms with Gasteiger partial charge in [0.05, 0.1) is 24.9 Å². The summed E-state index contributed by atoms with van der Waals surface area (Å²) in [6.07, 6.45) is 7.84. The van der Waals surface area contributed by atoms with Gasteiger partial charge >= 0.3 is 6.09 Å². The van der Waals surface area contributed by atoms with Crippen molar-refractivity contribution in [2.45, 2.75) is 121 Å². The first-order valence-corrected chi connectivity index (χ1v) is 24.5. The lowest BCUT2D eigenvalue weighted by atomic mass is 9.90. The van der Waals surface area contributed by atoms with Gasteiger partial charge in [0, 0.05) is 82.6 Å². The maximum absolute atomic E-state index is 14.2. The van der Waals surface area contributed by atoms with Crippen LogP contribution >= 0.6 is 0 Å². The van der Waals surface area contributed by atoms with Gasteiger partial charge in [0.1, 0.15) is 29.1 Å². The van der Waals surface area contributed by atoms with E-state index in [0.29, 0.717) is 107 Å². The molecule has 2 unspecified atom stereocenters. The largest absolute Gasteiger partial charge is 0.495 e. The molecule has 1 aliphatic carbocycles. The summed E-state index contributed by atoms with van der Waals surface area (Å²) in [5.41, 5.74) is 2.82. The van der Waals surface area contributed by atoms with E-state index < -0.39 is 17.7 Å². The zero-order valence-corrected chi connectivity index (χ0v) is 40.7. The Hall–Kier alpha value is -6.50. The lowest BCUT2D eigenvalue weighted by Gasteiger charge is -2.43. The van der Waals surface area contributed by atoms with Crippen LogP contribution in [0.3, 0.4) is 0 Å². The molecule has 5 aliphatic rings. The minimum atomic E-state index is -0.846. The average Bonchev–Trinajstić information content (AvgIpc) is 3.87. The first-order chi connectivity index (χ1) is 33.1. The number of carbonyl (C=O) groups excluding carboxylic acids is 6. The number of nitrogens with one attached hydrogen (secondary N) is 4. The molecule has 4 aliphatic heterocycles. The third kappa shape index (κ3) is 11.4. The predicted octanol–water partition coefficient (Wildman–Crippen LogP) is 4.69. The maximum Gasteiger partial charge on any atom is 0.408 e. The van der Waals surface area contributed by atoms with Gasteiger partial charge in [0.2, 0.25) is 29.6 Å². The molecular formula is C50H67N11O8. The normalized spacial score (nSPS) is 21.1. The summed E-state index contributed by atoms with van der Waals surface area (Å²) in [7, 11) is 3.31. The molecule has 69 heavy (non-hydrogen) atoms. The number of likely N-dealkylation sites (tertiary alicyclic amines) is 1. The molecular weight excluding hydrogens is 883 g/mol. The molecule has 6 amide bonds. The van der Waals surface area contributed by atoms with Crippen LogP contribution in [-0.2, 0) is 23.9 Å². The number of imide groups is 1. The second kappa shape index (κ2) is 21.0. The van der Waals surface area contributed by atoms with Crippen molar-refractivity contribution in [1.82, 2.24) is 35.7 Å². The first kappa shape index (κ1) is 48.9.